The summed E-state index contributed by atoms with van der Waals surface area (Å²) in [6.07, 6.45) is -2.13. The van der Waals surface area contributed by atoms with Gasteiger partial charge < -0.3 is 9.80 Å². The SMILES string of the molecule is CN(Cc1ccc(C(F)(F)F)cc1)C(=O)C(C)(CCN1CCCN(S(C)(=O)=O)CC1)c1ccc(Cl)c(Cl)c1. The van der Waals surface area contributed by atoms with Gasteiger partial charge in [0.25, 0.3) is 0 Å². The maximum absolute atomic E-state index is 13.9. The zero-order chi connectivity index (χ0) is 28.3. The van der Waals surface area contributed by atoms with Gasteiger partial charge in [-0.15, -0.1) is 0 Å². The van der Waals surface area contributed by atoms with Gasteiger partial charge in [-0.2, -0.15) is 13.2 Å². The lowest BCUT2D eigenvalue weighted by Crippen LogP contribution is -2.45. The number of nitrogens with zero attached hydrogens (tertiary/aromatic N) is 3. The Hall–Kier alpha value is -1.85. The highest BCUT2D eigenvalue weighted by atomic mass is 35.5. The normalized spacial score (nSPS) is 17.6. The lowest BCUT2D eigenvalue weighted by Gasteiger charge is -2.35. The van der Waals surface area contributed by atoms with E-state index in [0.29, 0.717) is 66.7 Å². The molecule has 0 aromatic heterocycles. The van der Waals surface area contributed by atoms with Crippen molar-refractivity contribution in [1.82, 2.24) is 14.1 Å². The van der Waals surface area contributed by atoms with Crippen LogP contribution in [-0.2, 0) is 33.0 Å². The second-order valence-corrected chi connectivity index (χ2v) is 12.7. The zero-order valence-corrected chi connectivity index (χ0v) is 23.9. The lowest BCUT2D eigenvalue weighted by atomic mass is 9.77. The predicted octanol–water partition coefficient (Wildman–Crippen LogP) is 5.29. The molecule has 1 fully saturated rings. The number of benzene rings is 2. The number of rotatable bonds is 8. The van der Waals surface area contributed by atoms with Crippen molar-refractivity contribution in [2.45, 2.75) is 37.9 Å². The van der Waals surface area contributed by atoms with Crippen molar-refractivity contribution in [1.29, 1.82) is 0 Å². The number of sulfonamides is 1. The van der Waals surface area contributed by atoms with Crippen molar-refractivity contribution in [2.75, 3.05) is 46.0 Å². The van der Waals surface area contributed by atoms with E-state index in [9.17, 15) is 26.4 Å². The van der Waals surface area contributed by atoms with Crippen LogP contribution in [0.5, 0.6) is 0 Å². The van der Waals surface area contributed by atoms with Crippen LogP contribution in [0.1, 0.15) is 36.5 Å². The third kappa shape index (κ3) is 7.63. The maximum atomic E-state index is 13.9. The molecule has 0 aliphatic carbocycles. The molecule has 6 nitrogen and oxygen atoms in total. The largest absolute Gasteiger partial charge is 0.416 e. The Morgan fingerprint density at radius 3 is 2.18 bits per heavy atom. The van der Waals surface area contributed by atoms with Gasteiger partial charge in [0.05, 0.1) is 27.3 Å². The highest BCUT2D eigenvalue weighted by Gasteiger charge is 2.38. The minimum Gasteiger partial charge on any atom is -0.341 e. The first-order valence-corrected chi connectivity index (χ1v) is 14.8. The van der Waals surface area contributed by atoms with E-state index in [1.165, 1.54) is 27.6 Å². The van der Waals surface area contributed by atoms with E-state index >= 15 is 0 Å². The van der Waals surface area contributed by atoms with Crippen molar-refractivity contribution in [2.24, 2.45) is 0 Å². The summed E-state index contributed by atoms with van der Waals surface area (Å²) in [6.45, 7) is 4.55. The second kappa shape index (κ2) is 12.1. The van der Waals surface area contributed by atoms with Crippen LogP contribution in [0, 0.1) is 0 Å². The Labute approximate surface area is 232 Å². The summed E-state index contributed by atoms with van der Waals surface area (Å²) in [6, 6.07) is 9.81. The number of amides is 1. The monoisotopic (exact) mass is 593 g/mol. The summed E-state index contributed by atoms with van der Waals surface area (Å²) < 4.78 is 64.2. The molecule has 0 saturated carbocycles. The first kappa shape index (κ1) is 30.7. The zero-order valence-electron chi connectivity index (χ0n) is 21.6. The van der Waals surface area contributed by atoms with Crippen LogP contribution in [0.2, 0.25) is 10.0 Å². The summed E-state index contributed by atoms with van der Waals surface area (Å²) in [5, 5.41) is 0.670. The Balaban J connectivity index is 1.80. The molecular formula is C26H32Cl2F3N3O3S. The van der Waals surface area contributed by atoms with Crippen LogP contribution in [0.15, 0.2) is 42.5 Å². The van der Waals surface area contributed by atoms with Gasteiger partial charge in [-0.1, -0.05) is 41.4 Å². The summed E-state index contributed by atoms with van der Waals surface area (Å²) >= 11 is 12.4. The van der Waals surface area contributed by atoms with E-state index in [0.717, 1.165) is 12.1 Å². The van der Waals surface area contributed by atoms with E-state index in [-0.39, 0.29) is 12.5 Å². The van der Waals surface area contributed by atoms with Crippen molar-refractivity contribution < 1.29 is 26.4 Å². The third-order valence-electron chi connectivity index (χ3n) is 7.02. The van der Waals surface area contributed by atoms with Gasteiger partial charge in [0.2, 0.25) is 15.9 Å². The van der Waals surface area contributed by atoms with Gasteiger partial charge in [-0.3, -0.25) is 4.79 Å². The molecule has 210 valence electrons. The standard InChI is InChI=1S/C26H32Cl2F3N3O3S/c1-25(21-9-10-22(27)23(28)17-21,11-14-33-12-4-13-34(16-15-33)38(3,36)37)24(35)32(2)18-19-5-7-20(8-6-19)26(29,30)31/h5-10,17H,4,11-16,18H2,1-3H3. The van der Waals surface area contributed by atoms with E-state index in [2.05, 4.69) is 4.90 Å². The Kier molecular flexibility index (Phi) is 9.79. The summed E-state index contributed by atoms with van der Waals surface area (Å²) in [5.74, 6) is -0.219. The minimum absolute atomic E-state index is 0.126. The molecule has 0 bridgehead atoms. The molecule has 0 spiro atoms. The first-order chi connectivity index (χ1) is 17.6. The molecule has 1 amide bonds. The average molecular weight is 595 g/mol. The molecule has 2 aromatic carbocycles. The van der Waals surface area contributed by atoms with Crippen LogP contribution in [-0.4, -0.2) is 74.5 Å². The topological polar surface area (TPSA) is 60.9 Å². The smallest absolute Gasteiger partial charge is 0.341 e. The van der Waals surface area contributed by atoms with Crippen LogP contribution in [0.3, 0.4) is 0 Å². The molecule has 1 aliphatic heterocycles. The molecule has 1 heterocycles. The summed E-state index contributed by atoms with van der Waals surface area (Å²) in [5.41, 5.74) is -0.525. The Morgan fingerprint density at radius 1 is 0.974 bits per heavy atom. The lowest BCUT2D eigenvalue weighted by molar-refractivity contribution is -0.138. The highest BCUT2D eigenvalue weighted by Crippen LogP contribution is 2.35. The molecule has 0 N–H and O–H groups in total. The van der Waals surface area contributed by atoms with Gasteiger partial charge in [0.15, 0.2) is 0 Å². The fourth-order valence-corrected chi connectivity index (χ4v) is 5.84. The molecular weight excluding hydrogens is 562 g/mol. The maximum Gasteiger partial charge on any atom is 0.416 e. The number of halogens is 5. The molecule has 0 radical (unpaired) electrons. The molecule has 1 saturated heterocycles. The first-order valence-electron chi connectivity index (χ1n) is 12.2. The third-order valence-corrected chi connectivity index (χ3v) is 9.06. The van der Waals surface area contributed by atoms with Crippen molar-refractivity contribution in [3.05, 3.63) is 69.2 Å². The Bertz CT molecular complexity index is 1240. The fraction of sp³-hybridized carbons (Fsp3) is 0.500. The minimum atomic E-state index is -4.43. The van der Waals surface area contributed by atoms with Gasteiger partial charge in [0.1, 0.15) is 0 Å². The van der Waals surface area contributed by atoms with Crippen LogP contribution >= 0.6 is 23.2 Å². The van der Waals surface area contributed by atoms with E-state index < -0.39 is 27.2 Å². The number of alkyl halides is 3. The van der Waals surface area contributed by atoms with E-state index in [4.69, 9.17) is 23.2 Å². The van der Waals surface area contributed by atoms with Crippen LogP contribution in [0.4, 0.5) is 13.2 Å². The Morgan fingerprint density at radius 2 is 1.61 bits per heavy atom. The molecule has 12 heteroatoms. The van der Waals surface area contributed by atoms with Crippen LogP contribution in [0.25, 0.3) is 0 Å². The molecule has 1 aliphatic rings. The molecule has 2 aromatic rings. The molecule has 38 heavy (non-hydrogen) atoms. The number of carbonyl (C=O) groups is 1. The summed E-state index contributed by atoms with van der Waals surface area (Å²) in [7, 11) is -1.66. The number of likely N-dealkylation sites (N-methyl/N-ethyl adjacent to an activating group) is 1. The molecule has 1 atom stereocenters. The van der Waals surface area contributed by atoms with Crippen molar-refractivity contribution >= 4 is 39.1 Å². The molecule has 3 rings (SSSR count). The van der Waals surface area contributed by atoms with Gasteiger partial charge in [0, 0.05) is 33.2 Å². The van der Waals surface area contributed by atoms with E-state index in [1.54, 1.807) is 25.2 Å². The number of hydrogen-bond acceptors (Lipinski definition) is 4. The van der Waals surface area contributed by atoms with E-state index in [1.807, 2.05) is 6.92 Å². The molecule has 1 unspecified atom stereocenters. The average Bonchev–Trinajstić information content (AvgIpc) is 3.09. The second-order valence-electron chi connectivity index (χ2n) is 9.92. The van der Waals surface area contributed by atoms with Crippen molar-refractivity contribution in [3.8, 4) is 0 Å². The highest BCUT2D eigenvalue weighted by molar-refractivity contribution is 7.88. The predicted molar refractivity (Wildman–Crippen MR) is 144 cm³/mol. The number of hydrogen-bond donors (Lipinski definition) is 0. The quantitative estimate of drug-likeness (QED) is 0.417. The number of carbonyl (C=O) groups excluding carboxylic acids is 1. The van der Waals surface area contributed by atoms with Gasteiger partial charge >= 0.3 is 6.18 Å². The van der Waals surface area contributed by atoms with Crippen LogP contribution < -0.4 is 0 Å². The van der Waals surface area contributed by atoms with Gasteiger partial charge in [-0.05, 0) is 68.2 Å². The van der Waals surface area contributed by atoms with Gasteiger partial charge in [-0.25, -0.2) is 12.7 Å². The summed E-state index contributed by atoms with van der Waals surface area (Å²) in [4.78, 5) is 17.5. The fourth-order valence-electron chi connectivity index (χ4n) is 4.66. The van der Waals surface area contributed by atoms with Crippen molar-refractivity contribution in [3.63, 3.8) is 0 Å².